The zero-order valence-corrected chi connectivity index (χ0v) is 45.1. The summed E-state index contributed by atoms with van der Waals surface area (Å²) < 4.78 is 2.47. The number of aryl methyl sites for hydroxylation is 1. The molecule has 0 fully saturated rings. The van der Waals surface area contributed by atoms with Crippen LogP contribution in [0.4, 0.5) is 28.4 Å². The minimum atomic E-state index is 0.233. The maximum atomic E-state index is 2.49. The molecule has 0 bridgehead atoms. The average molecular weight is 1030 g/mol. The van der Waals surface area contributed by atoms with Crippen LogP contribution in [0.3, 0.4) is 0 Å². The Balaban J connectivity index is 0.864. The van der Waals surface area contributed by atoms with E-state index >= 15 is 0 Å². The molecule has 3 heteroatoms. The van der Waals surface area contributed by atoms with Crippen LogP contribution in [0.25, 0.3) is 88.0 Å². The summed E-state index contributed by atoms with van der Waals surface area (Å²) in [5, 5.41) is 7.58. The normalized spacial score (nSPS) is 15.6. The van der Waals surface area contributed by atoms with Gasteiger partial charge < -0.3 is 14.4 Å². The van der Waals surface area contributed by atoms with Crippen molar-refractivity contribution in [1.82, 2.24) is 4.57 Å². The topological polar surface area (TPSA) is 11.4 Å². The largest absolute Gasteiger partial charge is 0.334 e. The summed E-state index contributed by atoms with van der Waals surface area (Å²) in [6.07, 6.45) is 19.0. The minimum absolute atomic E-state index is 0.233. The molecule has 1 aromatic heterocycles. The highest BCUT2D eigenvalue weighted by atomic mass is 15.2. The second-order valence-corrected chi connectivity index (χ2v) is 22.1. The van der Waals surface area contributed by atoms with Crippen molar-refractivity contribution in [2.75, 3.05) is 9.80 Å². The van der Waals surface area contributed by atoms with Gasteiger partial charge in [-0.15, -0.1) is 0 Å². The van der Waals surface area contributed by atoms with E-state index in [1.807, 2.05) is 0 Å². The maximum absolute atomic E-state index is 2.49. The van der Waals surface area contributed by atoms with Crippen LogP contribution >= 0.6 is 0 Å². The predicted molar refractivity (Wildman–Crippen MR) is 340 cm³/mol. The van der Waals surface area contributed by atoms with Crippen molar-refractivity contribution < 1.29 is 0 Å². The van der Waals surface area contributed by atoms with E-state index in [0.717, 1.165) is 24.9 Å². The number of fused-ring (bicyclic) bond motifs is 7. The zero-order chi connectivity index (χ0) is 53.3. The molecule has 15 rings (SSSR count). The molecular formula is C77H59N3. The molecule has 2 atom stereocenters. The molecule has 1 aliphatic heterocycles. The molecule has 12 aromatic rings. The molecule has 3 aliphatic rings. The lowest BCUT2D eigenvalue weighted by Gasteiger charge is -2.33. The molecule has 0 spiro atoms. The van der Waals surface area contributed by atoms with Crippen LogP contribution in [-0.4, -0.2) is 10.6 Å². The van der Waals surface area contributed by atoms with Crippen molar-refractivity contribution in [2.45, 2.75) is 39.2 Å². The van der Waals surface area contributed by atoms with Crippen molar-refractivity contribution in [1.29, 1.82) is 0 Å². The summed E-state index contributed by atoms with van der Waals surface area (Å²) in [6, 6.07) is 86.5. The number of nitrogens with zero attached hydrogens (tertiary/aromatic N) is 3. The molecule has 0 saturated carbocycles. The smallest absolute Gasteiger partial charge is 0.0559 e. The lowest BCUT2D eigenvalue weighted by molar-refractivity contribution is 0.740. The van der Waals surface area contributed by atoms with E-state index in [2.05, 4.69) is 301 Å². The molecule has 382 valence electrons. The average Bonchev–Trinajstić information content (AvgIpc) is 3.89. The molecule has 0 saturated heterocycles. The van der Waals surface area contributed by atoms with E-state index < -0.39 is 0 Å². The molecule has 2 heterocycles. The Morgan fingerprint density at radius 1 is 0.438 bits per heavy atom. The molecular weight excluding hydrogens is 967 g/mol. The second kappa shape index (κ2) is 19.6. The van der Waals surface area contributed by atoms with Gasteiger partial charge in [0, 0.05) is 51.3 Å². The summed E-state index contributed by atoms with van der Waals surface area (Å²) in [5.41, 5.74) is 23.4. The molecule has 0 radical (unpaired) electrons. The van der Waals surface area contributed by atoms with Crippen LogP contribution in [0.15, 0.2) is 273 Å². The highest BCUT2D eigenvalue weighted by molar-refractivity contribution is 6.20. The summed E-state index contributed by atoms with van der Waals surface area (Å²) in [7, 11) is 0. The number of benzene rings is 11. The van der Waals surface area contributed by atoms with E-state index in [1.54, 1.807) is 0 Å². The maximum Gasteiger partial charge on any atom is 0.0559 e. The van der Waals surface area contributed by atoms with E-state index in [9.17, 15) is 0 Å². The summed E-state index contributed by atoms with van der Waals surface area (Å²) >= 11 is 0. The first-order valence-corrected chi connectivity index (χ1v) is 28.4. The van der Waals surface area contributed by atoms with Crippen molar-refractivity contribution in [3.8, 4) is 39.1 Å². The van der Waals surface area contributed by atoms with Gasteiger partial charge in [-0.05, 0) is 193 Å². The molecule has 2 aliphatic carbocycles. The van der Waals surface area contributed by atoms with Gasteiger partial charge in [0.05, 0.1) is 17.1 Å². The number of rotatable bonds is 9. The zero-order valence-electron chi connectivity index (χ0n) is 45.1. The lowest BCUT2D eigenvalue weighted by Crippen LogP contribution is -2.30. The summed E-state index contributed by atoms with van der Waals surface area (Å²) in [5.74, 6) is 0.502. The second-order valence-electron chi connectivity index (χ2n) is 22.1. The van der Waals surface area contributed by atoms with Gasteiger partial charge in [-0.25, -0.2) is 0 Å². The molecule has 11 aromatic carbocycles. The molecule has 0 amide bonds. The monoisotopic (exact) mass is 1030 g/mol. The van der Waals surface area contributed by atoms with Gasteiger partial charge in [-0.1, -0.05) is 195 Å². The summed E-state index contributed by atoms with van der Waals surface area (Å²) in [4.78, 5) is 4.92. The van der Waals surface area contributed by atoms with Gasteiger partial charge in [0.15, 0.2) is 0 Å². The van der Waals surface area contributed by atoms with Crippen molar-refractivity contribution in [3.63, 3.8) is 0 Å². The number of allylic oxidation sites excluding steroid dienone is 6. The number of anilines is 5. The van der Waals surface area contributed by atoms with Gasteiger partial charge in [0.25, 0.3) is 0 Å². The third-order valence-electron chi connectivity index (χ3n) is 17.1. The van der Waals surface area contributed by atoms with Crippen LogP contribution in [0.5, 0.6) is 0 Å². The molecule has 3 nitrogen and oxygen atoms in total. The first kappa shape index (κ1) is 47.5. The number of hydrogen-bond acceptors (Lipinski definition) is 2. The lowest BCUT2D eigenvalue weighted by atomic mass is 9.83. The number of aromatic nitrogens is 1. The van der Waals surface area contributed by atoms with E-state index in [0.29, 0.717) is 5.92 Å². The Morgan fingerprint density at radius 2 is 1.02 bits per heavy atom. The Morgan fingerprint density at radius 3 is 1.71 bits per heavy atom. The minimum Gasteiger partial charge on any atom is -0.334 e. The summed E-state index contributed by atoms with van der Waals surface area (Å²) in [6.45, 7) is 4.53. The van der Waals surface area contributed by atoms with Crippen LogP contribution in [0.2, 0.25) is 0 Å². The van der Waals surface area contributed by atoms with Crippen molar-refractivity contribution in [3.05, 3.63) is 295 Å². The SMILES string of the molecule is Cc1ccccc1N(c1ccc(-c2ccc3c(c2)c2cc(-c4ccc5c(c4)Cc4ccccc4N5c4ccccc4)ccc2n3-c2ccc(-c3c4ccccc4c(C4=CC(C)CC=C4)c4ccccc34)cc2)cc1)C1C=CC=CC1. The fraction of sp³-hybridized carbons (Fsp3) is 0.0909. The number of hydrogen-bond donors (Lipinski definition) is 0. The Labute approximate surface area is 468 Å². The molecule has 2 unspecified atom stereocenters. The molecule has 80 heavy (non-hydrogen) atoms. The highest BCUT2D eigenvalue weighted by Crippen LogP contribution is 2.47. The first-order chi connectivity index (χ1) is 39.5. The standard InChI is InChI=1S/C77H59N3/c1-51-18-17-21-59(46-51)77-67-28-13-11-26-65(67)76(66-27-12-14-29-68(66)77)54-34-41-64(42-35-54)80-74-44-37-56(53-32-39-63(40-33-53)78(61-22-5-3-6-23-61)71-30-15-9-19-52(71)2)49-69(74)70-50-57(38-45-75(70)80)55-36-43-73-60(47-55)48-58-20-10-16-31-72(58)79(73)62-24-7-4-8-25-62/h3-17,19-22,24-47,49-51,61H,18,23,48H2,1-2H3. The van der Waals surface area contributed by atoms with Crippen molar-refractivity contribution in [2.24, 2.45) is 5.92 Å². The Kier molecular flexibility index (Phi) is 11.7. The molecule has 0 N–H and O–H groups in total. The van der Waals surface area contributed by atoms with E-state index in [4.69, 9.17) is 0 Å². The van der Waals surface area contributed by atoms with Gasteiger partial charge in [-0.2, -0.15) is 0 Å². The first-order valence-electron chi connectivity index (χ1n) is 28.4. The third kappa shape index (κ3) is 8.11. The van der Waals surface area contributed by atoms with E-state index in [-0.39, 0.29) is 6.04 Å². The van der Waals surface area contributed by atoms with Crippen LogP contribution in [-0.2, 0) is 6.42 Å². The Hall–Kier alpha value is -9.70. The van der Waals surface area contributed by atoms with E-state index in [1.165, 1.54) is 133 Å². The van der Waals surface area contributed by atoms with Crippen molar-refractivity contribution >= 4 is 77.4 Å². The van der Waals surface area contributed by atoms with Gasteiger partial charge in [0.2, 0.25) is 0 Å². The van der Waals surface area contributed by atoms with Crippen LogP contribution < -0.4 is 9.80 Å². The van der Waals surface area contributed by atoms with Gasteiger partial charge in [0.1, 0.15) is 0 Å². The Bertz CT molecular complexity index is 4470. The quantitative estimate of drug-likeness (QED) is 0.134. The van der Waals surface area contributed by atoms with Gasteiger partial charge in [-0.3, -0.25) is 0 Å². The number of para-hydroxylation sites is 3. The highest BCUT2D eigenvalue weighted by Gasteiger charge is 2.26. The third-order valence-corrected chi connectivity index (χ3v) is 17.1. The van der Waals surface area contributed by atoms with Crippen LogP contribution in [0, 0.1) is 12.8 Å². The van der Waals surface area contributed by atoms with Crippen LogP contribution in [0.1, 0.15) is 42.0 Å². The fourth-order valence-corrected chi connectivity index (χ4v) is 13.3. The predicted octanol–water partition coefficient (Wildman–Crippen LogP) is 20.8. The fourth-order valence-electron chi connectivity index (χ4n) is 13.3. The van der Waals surface area contributed by atoms with Gasteiger partial charge >= 0.3 is 0 Å².